The Balaban J connectivity index is 1.01. The van der Waals surface area contributed by atoms with Gasteiger partial charge in [-0.2, -0.15) is 0 Å². The minimum atomic E-state index is -0.544. The van der Waals surface area contributed by atoms with Crippen molar-refractivity contribution in [3.8, 4) is 0 Å². The Bertz CT molecular complexity index is 1770. The van der Waals surface area contributed by atoms with Gasteiger partial charge in [0.05, 0.1) is 77.3 Å². The summed E-state index contributed by atoms with van der Waals surface area (Å²) in [5.41, 5.74) is 2.73. The highest BCUT2D eigenvalue weighted by Gasteiger charge is 2.39. The quantitative estimate of drug-likeness (QED) is 0.0856. The van der Waals surface area contributed by atoms with Crippen LogP contribution in [-0.4, -0.2) is 109 Å². The fraction of sp³-hybridized carbons (Fsp3) is 0.278. The molecule has 256 valence electrons. The Labute approximate surface area is 285 Å². The maximum Gasteiger partial charge on any atom is 0.261 e. The maximum atomic E-state index is 13.5. The third-order valence-corrected chi connectivity index (χ3v) is 8.12. The van der Waals surface area contributed by atoms with Crippen LogP contribution >= 0.6 is 0 Å². The lowest BCUT2D eigenvalue weighted by Crippen LogP contribution is -2.45. The van der Waals surface area contributed by atoms with Crippen LogP contribution in [0.5, 0.6) is 0 Å². The number of imide groups is 2. The van der Waals surface area contributed by atoms with Crippen molar-refractivity contribution in [1.29, 1.82) is 0 Å². The molecule has 14 heteroatoms. The minimum Gasteiger partial charge on any atom is -0.377 e. The van der Waals surface area contributed by atoms with Gasteiger partial charge in [-0.1, -0.05) is 12.1 Å². The Morgan fingerprint density at radius 1 is 0.480 bits per heavy atom. The predicted octanol–water partition coefficient (Wildman–Crippen LogP) is 2.91. The van der Waals surface area contributed by atoms with Crippen molar-refractivity contribution in [2.45, 2.75) is 13.2 Å². The number of carbonyl (C=O) groups excluding carboxylic acids is 6. The molecule has 0 saturated heterocycles. The molecule has 4 heterocycles. The van der Waals surface area contributed by atoms with Crippen LogP contribution in [0.2, 0.25) is 0 Å². The molecule has 50 heavy (non-hydrogen) atoms. The second kappa shape index (κ2) is 15.8. The Kier molecular flexibility index (Phi) is 10.8. The first-order valence-corrected chi connectivity index (χ1v) is 15.9. The van der Waals surface area contributed by atoms with E-state index in [0.29, 0.717) is 35.3 Å². The Morgan fingerprint density at radius 2 is 0.840 bits per heavy atom. The number of aldehydes is 2. The van der Waals surface area contributed by atoms with Gasteiger partial charge in [0.2, 0.25) is 0 Å². The third-order valence-electron chi connectivity index (χ3n) is 8.12. The molecule has 0 saturated carbocycles. The van der Waals surface area contributed by atoms with E-state index in [1.807, 2.05) is 0 Å². The molecule has 6 rings (SSSR count). The highest BCUT2D eigenvalue weighted by atomic mass is 16.5. The zero-order valence-corrected chi connectivity index (χ0v) is 26.9. The number of carbonyl (C=O) groups is 6. The van der Waals surface area contributed by atoms with Crippen molar-refractivity contribution in [3.63, 3.8) is 0 Å². The first-order chi connectivity index (χ1) is 24.4. The molecule has 0 aliphatic carbocycles. The largest absolute Gasteiger partial charge is 0.377 e. The van der Waals surface area contributed by atoms with E-state index < -0.39 is 23.6 Å². The molecule has 2 aromatic carbocycles. The van der Waals surface area contributed by atoms with E-state index in [4.69, 9.17) is 18.9 Å². The zero-order valence-electron chi connectivity index (χ0n) is 26.9. The molecule has 4 amide bonds. The predicted molar refractivity (Wildman–Crippen MR) is 175 cm³/mol. The van der Waals surface area contributed by atoms with Crippen molar-refractivity contribution < 1.29 is 47.7 Å². The van der Waals surface area contributed by atoms with Gasteiger partial charge in [0.15, 0.2) is 12.6 Å². The number of benzene rings is 2. The van der Waals surface area contributed by atoms with E-state index in [-0.39, 0.29) is 99.0 Å². The van der Waals surface area contributed by atoms with Crippen LogP contribution in [0.15, 0.2) is 60.7 Å². The lowest BCUT2D eigenvalue weighted by Gasteiger charge is -2.31. The summed E-state index contributed by atoms with van der Waals surface area (Å²) in [5.74, 6) is -2.18. The summed E-state index contributed by atoms with van der Waals surface area (Å²) in [6.07, 6.45) is 1.32. The van der Waals surface area contributed by atoms with Crippen molar-refractivity contribution in [3.05, 3.63) is 106 Å². The van der Waals surface area contributed by atoms with Gasteiger partial charge in [-0.05, 0) is 48.5 Å². The van der Waals surface area contributed by atoms with Gasteiger partial charge < -0.3 is 18.9 Å². The minimum absolute atomic E-state index is 0.00798. The highest BCUT2D eigenvalue weighted by Crippen LogP contribution is 2.37. The lowest BCUT2D eigenvalue weighted by molar-refractivity contribution is 0.0282. The molecule has 0 spiro atoms. The van der Waals surface area contributed by atoms with Gasteiger partial charge in [0, 0.05) is 33.0 Å². The number of rotatable bonds is 18. The smallest absolute Gasteiger partial charge is 0.261 e. The molecule has 2 aliphatic heterocycles. The summed E-state index contributed by atoms with van der Waals surface area (Å²) in [5, 5.41) is 0.575. The van der Waals surface area contributed by atoms with Crippen molar-refractivity contribution in [2.24, 2.45) is 0 Å². The van der Waals surface area contributed by atoms with Crippen LogP contribution in [0.1, 0.15) is 73.8 Å². The second-order valence-electron chi connectivity index (χ2n) is 11.3. The molecule has 0 N–H and O–H groups in total. The number of nitrogens with zero attached hydrogens (tertiary/aromatic N) is 4. The van der Waals surface area contributed by atoms with E-state index in [0.717, 1.165) is 9.80 Å². The van der Waals surface area contributed by atoms with Crippen molar-refractivity contribution in [2.75, 3.05) is 52.7 Å². The van der Waals surface area contributed by atoms with Crippen LogP contribution in [0, 0.1) is 0 Å². The molecule has 14 nitrogen and oxygen atoms in total. The van der Waals surface area contributed by atoms with E-state index in [9.17, 15) is 28.8 Å². The van der Waals surface area contributed by atoms with E-state index >= 15 is 0 Å². The molecule has 0 unspecified atom stereocenters. The topological polar surface area (TPSA) is 172 Å². The van der Waals surface area contributed by atoms with Gasteiger partial charge >= 0.3 is 0 Å². The third kappa shape index (κ3) is 7.23. The summed E-state index contributed by atoms with van der Waals surface area (Å²) in [6, 6.07) is 16.1. The van der Waals surface area contributed by atoms with Crippen LogP contribution in [0.3, 0.4) is 0 Å². The first-order valence-electron chi connectivity index (χ1n) is 15.9. The molecule has 0 radical (unpaired) electrons. The molecular weight excluding hydrogens is 648 g/mol. The fourth-order valence-electron chi connectivity index (χ4n) is 5.77. The van der Waals surface area contributed by atoms with Gasteiger partial charge in [-0.3, -0.25) is 38.6 Å². The number of hydrogen-bond donors (Lipinski definition) is 0. The number of amides is 4. The number of pyridine rings is 2. The number of aromatic nitrogens is 2. The van der Waals surface area contributed by atoms with E-state index in [1.54, 1.807) is 36.4 Å². The average Bonchev–Trinajstić information content (AvgIpc) is 3.14. The molecule has 0 bridgehead atoms. The summed E-state index contributed by atoms with van der Waals surface area (Å²) in [6.45, 7) is 1.41. The number of ether oxygens (including phenoxy) is 4. The maximum absolute atomic E-state index is 13.5. The number of hydrogen-bond acceptors (Lipinski definition) is 12. The van der Waals surface area contributed by atoms with Gasteiger partial charge in [0.25, 0.3) is 23.6 Å². The Morgan fingerprint density at radius 3 is 1.20 bits per heavy atom. The van der Waals surface area contributed by atoms with E-state index in [1.165, 1.54) is 24.3 Å². The summed E-state index contributed by atoms with van der Waals surface area (Å²) < 4.78 is 22.3. The van der Waals surface area contributed by atoms with Crippen molar-refractivity contribution >= 4 is 47.0 Å². The standard InChI is InChI=1S/C36H32N4O10/c41-19-23-3-1-5-25(37-23)21-49-17-15-47-13-11-39-33(43)27-7-9-29-32-30(10-8-28(31(27)32)34(39)44)36(46)40(35(29)45)12-14-48-16-18-50-22-26-6-2-4-24(20-42)38-26/h1-10,19-20H,11-18,21-22H2. The van der Waals surface area contributed by atoms with Gasteiger partial charge in [0.1, 0.15) is 11.4 Å². The monoisotopic (exact) mass is 680 g/mol. The lowest BCUT2D eigenvalue weighted by atomic mass is 9.86. The highest BCUT2D eigenvalue weighted by molar-refractivity contribution is 6.33. The molecular formula is C36H32N4O10. The molecule has 4 aromatic rings. The molecule has 0 atom stereocenters. The summed E-state index contributed by atoms with van der Waals surface area (Å²) in [7, 11) is 0. The Hall–Kier alpha value is -5.54. The first kappa shape index (κ1) is 34.3. The SMILES string of the molecule is O=Cc1cccc(COCCOCCN2C(=O)c3ccc4c5c(ccc(c35)C2=O)C(=O)N(CCOCCOCc2cccc(C=O)n2)C4=O)n1. The van der Waals surface area contributed by atoms with Gasteiger partial charge in [-0.25, -0.2) is 9.97 Å². The van der Waals surface area contributed by atoms with Crippen LogP contribution in [0.4, 0.5) is 0 Å². The fourth-order valence-corrected chi connectivity index (χ4v) is 5.77. The van der Waals surface area contributed by atoms with Crippen LogP contribution < -0.4 is 0 Å². The molecule has 2 aliphatic rings. The van der Waals surface area contributed by atoms with Gasteiger partial charge in [-0.15, -0.1) is 0 Å². The molecule has 0 fully saturated rings. The average molecular weight is 681 g/mol. The molecule has 2 aromatic heterocycles. The summed E-state index contributed by atoms with van der Waals surface area (Å²) >= 11 is 0. The zero-order chi connectivity index (χ0) is 35.0. The normalized spacial score (nSPS) is 13.8. The second-order valence-corrected chi connectivity index (χ2v) is 11.3. The van der Waals surface area contributed by atoms with Crippen LogP contribution in [-0.2, 0) is 32.2 Å². The van der Waals surface area contributed by atoms with Crippen LogP contribution in [0.25, 0.3) is 10.8 Å². The van der Waals surface area contributed by atoms with Crippen molar-refractivity contribution in [1.82, 2.24) is 19.8 Å². The summed E-state index contributed by atoms with van der Waals surface area (Å²) in [4.78, 5) is 86.1. The van der Waals surface area contributed by atoms with E-state index in [2.05, 4.69) is 9.97 Å².